The van der Waals surface area contributed by atoms with Crippen LogP contribution in [0.2, 0.25) is 0 Å². The molecule has 0 spiro atoms. The SMILES string of the molecule is CCn1cc(CN2CCC(OCCc3noc(COC)n3)CC2)c2ccccc21. The van der Waals surface area contributed by atoms with E-state index >= 15 is 0 Å². The van der Waals surface area contributed by atoms with Crippen LogP contribution in [0, 0.1) is 0 Å². The molecule has 156 valence electrons. The summed E-state index contributed by atoms with van der Waals surface area (Å²) in [7, 11) is 1.61. The number of benzene rings is 1. The highest BCUT2D eigenvalue weighted by molar-refractivity contribution is 5.83. The number of nitrogens with zero attached hydrogens (tertiary/aromatic N) is 4. The van der Waals surface area contributed by atoms with Crippen molar-refractivity contribution in [2.24, 2.45) is 0 Å². The average molecular weight is 399 g/mol. The largest absolute Gasteiger partial charge is 0.378 e. The number of hydrogen-bond donors (Lipinski definition) is 0. The standard InChI is InChI=1S/C22H30N4O3/c1-3-26-15-17(19-6-4-5-7-20(19)26)14-25-11-8-18(9-12-25)28-13-10-21-23-22(16-27-2)29-24-21/h4-7,15,18H,3,8-14,16H2,1-2H3. The zero-order chi connectivity index (χ0) is 20.1. The third-order valence-electron chi connectivity index (χ3n) is 5.60. The number of aromatic nitrogens is 3. The third kappa shape index (κ3) is 4.86. The number of likely N-dealkylation sites (tertiary alicyclic amines) is 1. The molecule has 7 nitrogen and oxygen atoms in total. The number of hydrogen-bond acceptors (Lipinski definition) is 6. The van der Waals surface area contributed by atoms with Crippen LogP contribution in [-0.4, -0.2) is 52.5 Å². The topological polar surface area (TPSA) is 65.5 Å². The molecule has 1 aromatic carbocycles. The Morgan fingerprint density at radius 3 is 2.83 bits per heavy atom. The maximum absolute atomic E-state index is 6.06. The van der Waals surface area contributed by atoms with Gasteiger partial charge in [-0.25, -0.2) is 0 Å². The fourth-order valence-electron chi connectivity index (χ4n) is 4.08. The van der Waals surface area contributed by atoms with Gasteiger partial charge >= 0.3 is 0 Å². The zero-order valence-electron chi connectivity index (χ0n) is 17.3. The molecule has 0 amide bonds. The Labute approximate surface area is 171 Å². The molecule has 3 aromatic rings. The lowest BCUT2D eigenvalue weighted by Gasteiger charge is -2.31. The van der Waals surface area contributed by atoms with Gasteiger partial charge in [0.25, 0.3) is 5.89 Å². The molecular weight excluding hydrogens is 368 g/mol. The minimum atomic E-state index is 0.314. The minimum Gasteiger partial charge on any atom is -0.378 e. The van der Waals surface area contributed by atoms with Crippen LogP contribution >= 0.6 is 0 Å². The molecule has 29 heavy (non-hydrogen) atoms. The van der Waals surface area contributed by atoms with Gasteiger partial charge in [-0.05, 0) is 31.4 Å². The highest BCUT2D eigenvalue weighted by Gasteiger charge is 2.21. The molecule has 1 aliphatic heterocycles. The first-order valence-electron chi connectivity index (χ1n) is 10.5. The van der Waals surface area contributed by atoms with Gasteiger partial charge in [0.2, 0.25) is 0 Å². The number of methoxy groups -OCH3 is 1. The summed E-state index contributed by atoms with van der Waals surface area (Å²) in [6.07, 6.45) is 5.43. The summed E-state index contributed by atoms with van der Waals surface area (Å²) in [6, 6.07) is 8.70. The summed E-state index contributed by atoms with van der Waals surface area (Å²) in [5, 5.41) is 5.33. The average Bonchev–Trinajstić information content (AvgIpc) is 3.34. The molecule has 0 unspecified atom stereocenters. The van der Waals surface area contributed by atoms with Crippen LogP contribution in [0.4, 0.5) is 0 Å². The highest BCUT2D eigenvalue weighted by atomic mass is 16.5. The van der Waals surface area contributed by atoms with Crippen LogP contribution in [0.25, 0.3) is 10.9 Å². The summed E-state index contributed by atoms with van der Waals surface area (Å²) in [5.74, 6) is 1.20. The van der Waals surface area contributed by atoms with Crippen molar-refractivity contribution in [1.82, 2.24) is 19.6 Å². The molecule has 0 atom stereocenters. The monoisotopic (exact) mass is 398 g/mol. The lowest BCUT2D eigenvalue weighted by Crippen LogP contribution is -2.36. The van der Waals surface area contributed by atoms with Crippen LogP contribution < -0.4 is 0 Å². The number of rotatable bonds is 9. The number of aryl methyl sites for hydroxylation is 1. The Hall–Kier alpha value is -2.22. The van der Waals surface area contributed by atoms with Crippen molar-refractivity contribution in [3.05, 3.63) is 47.7 Å². The van der Waals surface area contributed by atoms with Crippen LogP contribution in [0.15, 0.2) is 35.0 Å². The minimum absolute atomic E-state index is 0.314. The Bertz CT molecular complexity index is 912. The van der Waals surface area contributed by atoms with Gasteiger partial charge < -0.3 is 18.6 Å². The molecule has 7 heteroatoms. The summed E-state index contributed by atoms with van der Waals surface area (Å²) in [4.78, 5) is 6.82. The maximum atomic E-state index is 6.06. The number of piperidine rings is 1. The molecule has 0 radical (unpaired) electrons. The molecule has 1 saturated heterocycles. The van der Waals surface area contributed by atoms with Gasteiger partial charge in [0.1, 0.15) is 6.61 Å². The third-order valence-corrected chi connectivity index (χ3v) is 5.60. The first-order valence-corrected chi connectivity index (χ1v) is 10.5. The second-order valence-corrected chi connectivity index (χ2v) is 7.59. The quantitative estimate of drug-likeness (QED) is 0.550. The molecule has 2 aromatic heterocycles. The van der Waals surface area contributed by atoms with E-state index in [-0.39, 0.29) is 0 Å². The van der Waals surface area contributed by atoms with Crippen molar-refractivity contribution in [3.8, 4) is 0 Å². The van der Waals surface area contributed by atoms with Crippen LogP contribution in [0.1, 0.15) is 37.0 Å². The summed E-state index contributed by atoms with van der Waals surface area (Å²) in [6.45, 7) is 7.32. The van der Waals surface area contributed by atoms with Gasteiger partial charge in [-0.15, -0.1) is 0 Å². The van der Waals surface area contributed by atoms with Crippen molar-refractivity contribution in [1.29, 1.82) is 0 Å². The van der Waals surface area contributed by atoms with Gasteiger partial charge in [0.15, 0.2) is 5.82 Å². The van der Waals surface area contributed by atoms with Gasteiger partial charge in [-0.2, -0.15) is 4.98 Å². The van der Waals surface area contributed by atoms with Crippen molar-refractivity contribution < 1.29 is 14.0 Å². The first kappa shape index (κ1) is 20.1. The van der Waals surface area contributed by atoms with E-state index < -0.39 is 0 Å². The van der Waals surface area contributed by atoms with E-state index in [1.807, 2.05) is 0 Å². The fraction of sp³-hybridized carbons (Fsp3) is 0.545. The number of para-hydroxylation sites is 1. The summed E-state index contributed by atoms with van der Waals surface area (Å²) in [5.41, 5.74) is 2.75. The van der Waals surface area contributed by atoms with Crippen LogP contribution in [0.3, 0.4) is 0 Å². The normalized spacial score (nSPS) is 16.1. The second kappa shape index (κ2) is 9.52. The Morgan fingerprint density at radius 1 is 1.21 bits per heavy atom. The smallest absolute Gasteiger partial charge is 0.252 e. The van der Waals surface area contributed by atoms with E-state index in [1.54, 1.807) is 7.11 Å². The number of fused-ring (bicyclic) bond motifs is 1. The van der Waals surface area contributed by atoms with E-state index in [1.165, 1.54) is 16.5 Å². The Balaban J connectivity index is 1.23. The van der Waals surface area contributed by atoms with E-state index in [4.69, 9.17) is 14.0 Å². The molecule has 4 rings (SSSR count). The van der Waals surface area contributed by atoms with Crippen molar-refractivity contribution in [3.63, 3.8) is 0 Å². The first-order chi connectivity index (χ1) is 14.3. The molecule has 1 aliphatic rings. The zero-order valence-corrected chi connectivity index (χ0v) is 17.3. The lowest BCUT2D eigenvalue weighted by atomic mass is 10.1. The van der Waals surface area contributed by atoms with E-state index in [2.05, 4.69) is 57.0 Å². The molecule has 0 aliphatic carbocycles. The van der Waals surface area contributed by atoms with Crippen LogP contribution in [0.5, 0.6) is 0 Å². The highest BCUT2D eigenvalue weighted by Crippen LogP contribution is 2.24. The Morgan fingerprint density at radius 2 is 2.03 bits per heavy atom. The van der Waals surface area contributed by atoms with E-state index in [0.717, 1.165) is 39.0 Å². The van der Waals surface area contributed by atoms with Crippen molar-refractivity contribution in [2.45, 2.75) is 52.0 Å². The molecule has 0 bridgehead atoms. The van der Waals surface area contributed by atoms with Crippen molar-refractivity contribution >= 4 is 10.9 Å². The van der Waals surface area contributed by atoms with Gasteiger partial charge in [-0.3, -0.25) is 4.90 Å². The molecule has 0 N–H and O–H groups in total. The molecule has 3 heterocycles. The lowest BCUT2D eigenvalue weighted by molar-refractivity contribution is 0.00683. The fourth-order valence-corrected chi connectivity index (χ4v) is 4.08. The maximum Gasteiger partial charge on any atom is 0.252 e. The molecule has 1 fully saturated rings. The predicted molar refractivity (Wildman–Crippen MR) is 111 cm³/mol. The number of ether oxygens (including phenoxy) is 2. The Kier molecular flexibility index (Phi) is 6.59. The van der Waals surface area contributed by atoms with Crippen LogP contribution in [-0.2, 0) is 35.6 Å². The predicted octanol–water partition coefficient (Wildman–Crippen LogP) is 3.41. The summed E-state index contributed by atoms with van der Waals surface area (Å²) < 4.78 is 18.5. The molecular formula is C22H30N4O3. The van der Waals surface area contributed by atoms with E-state index in [9.17, 15) is 0 Å². The second-order valence-electron chi connectivity index (χ2n) is 7.59. The van der Waals surface area contributed by atoms with Gasteiger partial charge in [0.05, 0.1) is 12.7 Å². The molecule has 0 saturated carbocycles. The van der Waals surface area contributed by atoms with Crippen molar-refractivity contribution in [2.75, 3.05) is 26.8 Å². The van der Waals surface area contributed by atoms with Gasteiger partial charge in [0, 0.05) is 56.8 Å². The summed E-state index contributed by atoms with van der Waals surface area (Å²) >= 11 is 0. The van der Waals surface area contributed by atoms with Gasteiger partial charge in [-0.1, -0.05) is 23.4 Å². The van der Waals surface area contributed by atoms with E-state index in [0.29, 0.717) is 37.5 Å².